The molecule has 2 atom stereocenters. The number of nitrogens with zero attached hydrogens (tertiary/aromatic N) is 1. The minimum absolute atomic E-state index is 0.175. The van der Waals surface area contributed by atoms with Gasteiger partial charge in [-0.15, -0.1) is 0 Å². The maximum atomic E-state index is 13.0. The van der Waals surface area contributed by atoms with Crippen molar-refractivity contribution < 1.29 is 4.39 Å². The highest BCUT2D eigenvalue weighted by atomic mass is 19.1. The molecule has 0 aliphatic heterocycles. The highest BCUT2D eigenvalue weighted by molar-refractivity contribution is 5.19. The number of benzene rings is 1. The number of hydrogen-bond donors (Lipinski definition) is 1. The lowest BCUT2D eigenvalue weighted by Crippen LogP contribution is -2.33. The highest BCUT2D eigenvalue weighted by Crippen LogP contribution is 2.18. The molecule has 0 fully saturated rings. The van der Waals surface area contributed by atoms with E-state index >= 15 is 0 Å². The van der Waals surface area contributed by atoms with Gasteiger partial charge in [-0.2, -0.15) is 0 Å². The summed E-state index contributed by atoms with van der Waals surface area (Å²) in [6, 6.07) is 7.68. The fraction of sp³-hybridized carbons (Fsp3) is 0.647. The Kier molecular flexibility index (Phi) is 7.17. The summed E-state index contributed by atoms with van der Waals surface area (Å²) >= 11 is 0. The van der Waals surface area contributed by atoms with Crippen molar-refractivity contribution in [1.82, 2.24) is 10.2 Å². The van der Waals surface area contributed by atoms with Gasteiger partial charge in [-0.3, -0.25) is 0 Å². The Morgan fingerprint density at radius 3 is 2.25 bits per heavy atom. The van der Waals surface area contributed by atoms with Crippen LogP contribution in [0.4, 0.5) is 4.39 Å². The second kappa shape index (κ2) is 8.38. The van der Waals surface area contributed by atoms with E-state index < -0.39 is 0 Å². The number of hydrogen-bond acceptors (Lipinski definition) is 2. The van der Waals surface area contributed by atoms with Crippen LogP contribution in [-0.2, 0) is 0 Å². The van der Waals surface area contributed by atoms with Gasteiger partial charge in [-0.25, -0.2) is 4.39 Å². The highest BCUT2D eigenvalue weighted by Gasteiger charge is 2.14. The Balaban J connectivity index is 2.50. The summed E-state index contributed by atoms with van der Waals surface area (Å²) in [5, 5.41) is 3.32. The molecule has 0 amide bonds. The molecular formula is C17H29FN2. The summed E-state index contributed by atoms with van der Waals surface area (Å²) in [7, 11) is 4.15. The lowest BCUT2D eigenvalue weighted by molar-refractivity contribution is 0.218. The van der Waals surface area contributed by atoms with Crippen molar-refractivity contribution >= 4 is 0 Å². The van der Waals surface area contributed by atoms with Crippen LogP contribution in [0.25, 0.3) is 0 Å². The molecule has 1 aromatic rings. The van der Waals surface area contributed by atoms with Crippen LogP contribution in [0, 0.1) is 11.7 Å². The molecular weight excluding hydrogens is 251 g/mol. The molecule has 0 radical (unpaired) electrons. The van der Waals surface area contributed by atoms with E-state index in [1.807, 2.05) is 19.2 Å². The third-order valence-corrected chi connectivity index (χ3v) is 3.96. The second-order valence-electron chi connectivity index (χ2n) is 6.14. The maximum absolute atomic E-state index is 13.0. The fourth-order valence-electron chi connectivity index (χ4n) is 2.59. The van der Waals surface area contributed by atoms with Gasteiger partial charge < -0.3 is 10.2 Å². The van der Waals surface area contributed by atoms with Crippen molar-refractivity contribution in [2.45, 2.75) is 45.7 Å². The first-order chi connectivity index (χ1) is 9.43. The van der Waals surface area contributed by atoms with Gasteiger partial charge in [-0.1, -0.05) is 26.0 Å². The van der Waals surface area contributed by atoms with Crippen molar-refractivity contribution in [3.63, 3.8) is 0 Å². The summed E-state index contributed by atoms with van der Waals surface area (Å²) < 4.78 is 13.0. The van der Waals surface area contributed by atoms with Crippen molar-refractivity contribution in [1.29, 1.82) is 0 Å². The van der Waals surface area contributed by atoms with Crippen LogP contribution >= 0.6 is 0 Å². The topological polar surface area (TPSA) is 15.3 Å². The van der Waals surface area contributed by atoms with E-state index in [9.17, 15) is 4.39 Å². The molecule has 0 saturated heterocycles. The van der Waals surface area contributed by atoms with E-state index in [0.29, 0.717) is 6.04 Å². The molecule has 0 aliphatic carbocycles. The Labute approximate surface area is 123 Å². The van der Waals surface area contributed by atoms with Crippen molar-refractivity contribution in [3.05, 3.63) is 35.6 Å². The molecule has 1 aromatic carbocycles. The standard InChI is InChI=1S/C17H29FN2/c1-13(2)12-14(3)20(5)11-10-17(19-4)15-6-8-16(18)9-7-15/h6-9,13-14,17,19H,10-12H2,1-5H3. The molecule has 0 bridgehead atoms. The van der Waals surface area contributed by atoms with Crippen LogP contribution < -0.4 is 5.32 Å². The number of rotatable bonds is 8. The summed E-state index contributed by atoms with van der Waals surface area (Å²) in [5.74, 6) is 0.552. The van der Waals surface area contributed by atoms with Gasteiger partial charge in [-0.05, 0) is 64.0 Å². The molecule has 0 aromatic heterocycles. The predicted octanol–water partition coefficient (Wildman–Crippen LogP) is 3.84. The van der Waals surface area contributed by atoms with Crippen LogP contribution in [0.3, 0.4) is 0 Å². The van der Waals surface area contributed by atoms with Crippen molar-refractivity contribution in [2.75, 3.05) is 20.6 Å². The van der Waals surface area contributed by atoms with Gasteiger partial charge in [0.05, 0.1) is 0 Å². The van der Waals surface area contributed by atoms with E-state index in [0.717, 1.165) is 24.4 Å². The molecule has 3 heteroatoms. The molecule has 20 heavy (non-hydrogen) atoms. The molecule has 1 N–H and O–H groups in total. The SMILES string of the molecule is CNC(CCN(C)C(C)CC(C)C)c1ccc(F)cc1. The largest absolute Gasteiger partial charge is 0.313 e. The molecule has 0 saturated carbocycles. The minimum atomic E-state index is -0.175. The molecule has 0 spiro atoms. The smallest absolute Gasteiger partial charge is 0.123 e. The number of halogens is 1. The van der Waals surface area contributed by atoms with Crippen molar-refractivity contribution in [3.8, 4) is 0 Å². The zero-order chi connectivity index (χ0) is 15.1. The quantitative estimate of drug-likeness (QED) is 0.778. The summed E-state index contributed by atoms with van der Waals surface area (Å²) in [5.41, 5.74) is 1.15. The molecule has 114 valence electrons. The van der Waals surface area contributed by atoms with Gasteiger partial charge in [0.15, 0.2) is 0 Å². The average molecular weight is 280 g/mol. The molecule has 0 aliphatic rings. The zero-order valence-corrected chi connectivity index (χ0v) is 13.5. The van der Waals surface area contributed by atoms with E-state index in [1.165, 1.54) is 18.6 Å². The van der Waals surface area contributed by atoms with Gasteiger partial charge in [0.2, 0.25) is 0 Å². The van der Waals surface area contributed by atoms with Gasteiger partial charge >= 0.3 is 0 Å². The van der Waals surface area contributed by atoms with Crippen LogP contribution in [0.5, 0.6) is 0 Å². The molecule has 2 nitrogen and oxygen atoms in total. The lowest BCUT2D eigenvalue weighted by atomic mass is 10.0. The van der Waals surface area contributed by atoms with Crippen LogP contribution in [-0.4, -0.2) is 31.6 Å². The Morgan fingerprint density at radius 1 is 1.15 bits per heavy atom. The lowest BCUT2D eigenvalue weighted by Gasteiger charge is -2.28. The number of nitrogens with one attached hydrogen (secondary N) is 1. The Hall–Kier alpha value is -0.930. The summed E-state index contributed by atoms with van der Waals surface area (Å²) in [6.45, 7) is 7.85. The molecule has 0 heterocycles. The normalized spacial score (nSPS) is 14.8. The average Bonchev–Trinajstić information content (AvgIpc) is 2.40. The molecule has 2 unspecified atom stereocenters. The van der Waals surface area contributed by atoms with Crippen LogP contribution in [0.1, 0.15) is 45.2 Å². The van der Waals surface area contributed by atoms with Crippen molar-refractivity contribution in [2.24, 2.45) is 5.92 Å². The van der Waals surface area contributed by atoms with Gasteiger partial charge in [0, 0.05) is 12.1 Å². The first kappa shape index (κ1) is 17.1. The molecule has 1 rings (SSSR count). The third-order valence-electron chi connectivity index (χ3n) is 3.96. The first-order valence-corrected chi connectivity index (χ1v) is 7.57. The second-order valence-corrected chi connectivity index (χ2v) is 6.14. The van der Waals surface area contributed by atoms with E-state index in [2.05, 4.69) is 38.0 Å². The maximum Gasteiger partial charge on any atom is 0.123 e. The van der Waals surface area contributed by atoms with Gasteiger partial charge in [0.25, 0.3) is 0 Å². The van der Waals surface area contributed by atoms with E-state index in [-0.39, 0.29) is 11.9 Å². The zero-order valence-electron chi connectivity index (χ0n) is 13.5. The predicted molar refractivity (Wildman–Crippen MR) is 84.4 cm³/mol. The van der Waals surface area contributed by atoms with E-state index in [4.69, 9.17) is 0 Å². The summed E-state index contributed by atoms with van der Waals surface area (Å²) in [4.78, 5) is 2.41. The Morgan fingerprint density at radius 2 is 1.75 bits per heavy atom. The first-order valence-electron chi connectivity index (χ1n) is 7.57. The van der Waals surface area contributed by atoms with Crippen LogP contribution in [0.15, 0.2) is 24.3 Å². The fourth-order valence-corrected chi connectivity index (χ4v) is 2.59. The summed E-state index contributed by atoms with van der Waals surface area (Å²) in [6.07, 6.45) is 2.25. The minimum Gasteiger partial charge on any atom is -0.313 e. The Bertz CT molecular complexity index is 375. The monoisotopic (exact) mass is 280 g/mol. The van der Waals surface area contributed by atoms with E-state index in [1.54, 1.807) is 0 Å². The van der Waals surface area contributed by atoms with Gasteiger partial charge in [0.1, 0.15) is 5.82 Å². The van der Waals surface area contributed by atoms with Crippen LogP contribution in [0.2, 0.25) is 0 Å². The third kappa shape index (κ3) is 5.59.